The number of halogens is 2. The van der Waals surface area contributed by atoms with Gasteiger partial charge in [-0.1, -0.05) is 47.9 Å². The molecule has 3 aromatic carbocycles. The number of hydrogen-bond acceptors (Lipinski definition) is 2. The van der Waals surface area contributed by atoms with Crippen molar-refractivity contribution in [2.45, 2.75) is 32.1 Å². The first kappa shape index (κ1) is 21.7. The number of nitrogens with one attached hydrogen (secondary N) is 1. The number of hydrogen-bond donors (Lipinski definition) is 1. The molecule has 0 fully saturated rings. The van der Waals surface area contributed by atoms with E-state index >= 15 is 0 Å². The molecule has 1 atom stereocenters. The number of terminal acetylenes is 1. The average molecular weight is 422 g/mol. The van der Waals surface area contributed by atoms with Gasteiger partial charge in [0.15, 0.2) is 0 Å². The van der Waals surface area contributed by atoms with Crippen LogP contribution in [0.15, 0.2) is 66.7 Å². The van der Waals surface area contributed by atoms with E-state index in [-0.39, 0.29) is 11.7 Å². The Kier molecular flexibility index (Phi) is 7.76. The number of rotatable bonds is 9. The Bertz CT molecular complexity index is 1010. The monoisotopic (exact) mass is 421 g/mol. The molecule has 3 aromatic rings. The van der Waals surface area contributed by atoms with Crippen LogP contribution < -0.4 is 10.1 Å². The van der Waals surface area contributed by atoms with Gasteiger partial charge in [-0.3, -0.25) is 0 Å². The Hall–Kier alpha value is -2.96. The summed E-state index contributed by atoms with van der Waals surface area (Å²) in [6.07, 6.45) is 8.29. The maximum atomic E-state index is 14.2. The minimum absolute atomic E-state index is 0.0273. The van der Waals surface area contributed by atoms with Gasteiger partial charge in [-0.05, 0) is 73.7 Å². The predicted octanol–water partition coefficient (Wildman–Crippen LogP) is 7.36. The highest BCUT2D eigenvalue weighted by Crippen LogP contribution is 2.31. The lowest BCUT2D eigenvalue weighted by Gasteiger charge is -2.14. The molecule has 0 spiro atoms. The second kappa shape index (κ2) is 10.7. The molecule has 0 heterocycles. The second-order valence-corrected chi connectivity index (χ2v) is 7.45. The van der Waals surface area contributed by atoms with Gasteiger partial charge in [0.05, 0.1) is 17.3 Å². The Morgan fingerprint density at radius 1 is 1.10 bits per heavy atom. The molecule has 1 unspecified atom stereocenters. The first-order valence-corrected chi connectivity index (χ1v) is 10.5. The van der Waals surface area contributed by atoms with Gasteiger partial charge in [-0.25, -0.2) is 4.39 Å². The van der Waals surface area contributed by atoms with Crippen LogP contribution in [0.2, 0.25) is 5.02 Å². The third-order valence-corrected chi connectivity index (χ3v) is 5.20. The van der Waals surface area contributed by atoms with Gasteiger partial charge < -0.3 is 10.1 Å². The van der Waals surface area contributed by atoms with E-state index in [4.69, 9.17) is 22.8 Å². The van der Waals surface area contributed by atoms with Crippen LogP contribution in [0.4, 0.5) is 15.8 Å². The number of anilines is 2. The molecular formula is C26H25ClFNO. The fourth-order valence-electron chi connectivity index (χ4n) is 3.36. The fraction of sp³-hybridized carbons (Fsp3) is 0.231. The number of aryl methyl sites for hydroxylation is 1. The molecule has 2 nitrogen and oxygen atoms in total. The molecule has 0 saturated carbocycles. The summed E-state index contributed by atoms with van der Waals surface area (Å²) in [4.78, 5) is 0. The summed E-state index contributed by atoms with van der Waals surface area (Å²) in [6.45, 7) is 2.49. The van der Waals surface area contributed by atoms with Crippen LogP contribution in [-0.4, -0.2) is 6.61 Å². The van der Waals surface area contributed by atoms with Crippen LogP contribution in [0.5, 0.6) is 5.75 Å². The van der Waals surface area contributed by atoms with Crippen molar-refractivity contribution in [2.24, 2.45) is 0 Å². The van der Waals surface area contributed by atoms with Gasteiger partial charge in [0, 0.05) is 11.6 Å². The van der Waals surface area contributed by atoms with E-state index in [0.717, 1.165) is 36.1 Å². The van der Waals surface area contributed by atoms with E-state index in [0.29, 0.717) is 23.1 Å². The lowest BCUT2D eigenvalue weighted by atomic mass is 9.93. The van der Waals surface area contributed by atoms with Gasteiger partial charge in [-0.2, -0.15) is 0 Å². The van der Waals surface area contributed by atoms with Gasteiger partial charge in [-0.15, -0.1) is 6.42 Å². The molecular weight excluding hydrogens is 397 g/mol. The number of benzene rings is 3. The van der Waals surface area contributed by atoms with E-state index in [2.05, 4.69) is 11.2 Å². The molecule has 1 N–H and O–H groups in total. The minimum Gasteiger partial charge on any atom is -0.492 e. The van der Waals surface area contributed by atoms with Crippen molar-refractivity contribution in [3.8, 4) is 18.1 Å². The van der Waals surface area contributed by atoms with Gasteiger partial charge in [0.1, 0.15) is 11.6 Å². The lowest BCUT2D eigenvalue weighted by Crippen LogP contribution is -2.00. The van der Waals surface area contributed by atoms with Gasteiger partial charge in [0.25, 0.3) is 0 Å². The van der Waals surface area contributed by atoms with Crippen molar-refractivity contribution in [3.63, 3.8) is 0 Å². The first-order valence-electron chi connectivity index (χ1n) is 10.1. The van der Waals surface area contributed by atoms with Crippen LogP contribution in [0, 0.1) is 18.2 Å². The highest BCUT2D eigenvalue weighted by molar-refractivity contribution is 6.32. The summed E-state index contributed by atoms with van der Waals surface area (Å²) < 4.78 is 19.7. The van der Waals surface area contributed by atoms with Crippen molar-refractivity contribution in [1.82, 2.24) is 0 Å². The zero-order valence-electron chi connectivity index (χ0n) is 17.0. The van der Waals surface area contributed by atoms with Crippen molar-refractivity contribution >= 4 is 23.0 Å². The van der Waals surface area contributed by atoms with Crippen molar-refractivity contribution in [1.29, 1.82) is 0 Å². The molecule has 0 radical (unpaired) electrons. The number of ether oxygens (including phenoxy) is 1. The predicted molar refractivity (Wildman–Crippen MR) is 123 cm³/mol. The largest absolute Gasteiger partial charge is 0.492 e. The molecule has 0 aromatic heterocycles. The standard InChI is InChI=1S/C26H25ClFNO/c1-3-20(21-14-16-26(30-4-2)23(27)18-21)10-8-9-19-13-15-24(28)25(17-19)29-22-11-6-5-7-12-22/h1,5-7,11-18,20,29H,4,8-10H2,2H3. The zero-order chi connectivity index (χ0) is 21.3. The Labute approximate surface area is 183 Å². The quantitative estimate of drug-likeness (QED) is 0.364. The topological polar surface area (TPSA) is 21.3 Å². The first-order chi connectivity index (χ1) is 14.6. The van der Waals surface area contributed by atoms with E-state index < -0.39 is 0 Å². The molecule has 0 aliphatic carbocycles. The SMILES string of the molecule is C#CC(CCCc1ccc(F)c(Nc2ccccc2)c1)c1ccc(OCC)c(Cl)c1. The molecule has 30 heavy (non-hydrogen) atoms. The molecule has 0 amide bonds. The Balaban J connectivity index is 1.62. The molecule has 4 heteroatoms. The summed E-state index contributed by atoms with van der Waals surface area (Å²) in [5.74, 6) is 3.24. The van der Waals surface area contributed by atoms with E-state index in [9.17, 15) is 4.39 Å². The van der Waals surface area contributed by atoms with E-state index in [1.165, 1.54) is 6.07 Å². The van der Waals surface area contributed by atoms with Crippen LogP contribution >= 0.6 is 11.6 Å². The summed E-state index contributed by atoms with van der Waals surface area (Å²) >= 11 is 6.30. The van der Waals surface area contributed by atoms with Gasteiger partial charge >= 0.3 is 0 Å². The molecule has 3 rings (SSSR count). The second-order valence-electron chi connectivity index (χ2n) is 7.04. The summed E-state index contributed by atoms with van der Waals surface area (Å²) in [7, 11) is 0. The Morgan fingerprint density at radius 3 is 2.60 bits per heavy atom. The van der Waals surface area contributed by atoms with Crippen LogP contribution in [0.25, 0.3) is 0 Å². The third-order valence-electron chi connectivity index (χ3n) is 4.90. The molecule has 0 aliphatic rings. The summed E-state index contributed by atoms with van der Waals surface area (Å²) in [5, 5.41) is 3.71. The highest BCUT2D eigenvalue weighted by atomic mass is 35.5. The normalized spacial score (nSPS) is 11.5. The Morgan fingerprint density at radius 2 is 1.90 bits per heavy atom. The average Bonchev–Trinajstić information content (AvgIpc) is 2.76. The smallest absolute Gasteiger partial charge is 0.146 e. The lowest BCUT2D eigenvalue weighted by molar-refractivity contribution is 0.340. The third kappa shape index (κ3) is 5.78. The zero-order valence-corrected chi connectivity index (χ0v) is 17.8. The van der Waals surface area contributed by atoms with Crippen molar-refractivity contribution in [2.75, 3.05) is 11.9 Å². The van der Waals surface area contributed by atoms with E-state index in [1.54, 1.807) is 0 Å². The van der Waals surface area contributed by atoms with Crippen LogP contribution in [0.3, 0.4) is 0 Å². The van der Waals surface area contributed by atoms with Crippen molar-refractivity contribution in [3.05, 3.63) is 88.7 Å². The highest BCUT2D eigenvalue weighted by Gasteiger charge is 2.12. The van der Waals surface area contributed by atoms with Crippen molar-refractivity contribution < 1.29 is 9.13 Å². The summed E-state index contributed by atoms with van der Waals surface area (Å²) in [5.41, 5.74) is 3.41. The molecule has 0 saturated heterocycles. The van der Waals surface area contributed by atoms with Crippen LogP contribution in [0.1, 0.15) is 36.8 Å². The molecule has 0 bridgehead atoms. The molecule has 0 aliphatic heterocycles. The minimum atomic E-state index is -0.270. The van der Waals surface area contributed by atoms with E-state index in [1.807, 2.05) is 67.6 Å². The maximum absolute atomic E-state index is 14.2. The number of para-hydroxylation sites is 1. The fourth-order valence-corrected chi connectivity index (χ4v) is 3.61. The molecule has 154 valence electrons. The summed E-state index contributed by atoms with van der Waals surface area (Å²) in [6, 6.07) is 20.5. The van der Waals surface area contributed by atoms with Crippen LogP contribution in [-0.2, 0) is 6.42 Å². The van der Waals surface area contributed by atoms with Gasteiger partial charge in [0.2, 0.25) is 0 Å². The maximum Gasteiger partial charge on any atom is 0.146 e.